The number of hydrogen-bond donors (Lipinski definition) is 1. The van der Waals surface area contributed by atoms with Crippen LogP contribution in [0.2, 0.25) is 0 Å². The van der Waals surface area contributed by atoms with Crippen LogP contribution in [0, 0.1) is 0 Å². The third-order valence-corrected chi connectivity index (χ3v) is 2.74. The molecule has 0 amide bonds. The summed E-state index contributed by atoms with van der Waals surface area (Å²) in [6.45, 7) is 4.03. The fourth-order valence-corrected chi connectivity index (χ4v) is 1.63. The molecule has 0 saturated heterocycles. The summed E-state index contributed by atoms with van der Waals surface area (Å²) in [5.74, 6) is 0.745. The van der Waals surface area contributed by atoms with Crippen LogP contribution in [0.15, 0.2) is 18.2 Å². The van der Waals surface area contributed by atoms with E-state index in [1.807, 2.05) is 18.2 Å². The average Bonchev–Trinajstić information content (AvgIpc) is 2.28. The van der Waals surface area contributed by atoms with Crippen molar-refractivity contribution in [3.05, 3.63) is 29.3 Å². The Morgan fingerprint density at radius 3 is 2.69 bits per heavy atom. The minimum Gasteiger partial charge on any atom is -0.496 e. The molecule has 0 aliphatic heterocycles. The molecule has 4 heteroatoms. The maximum Gasteiger partial charge on any atom is 0.129 e. The molecule has 0 fully saturated rings. The van der Waals surface area contributed by atoms with Gasteiger partial charge in [-0.2, -0.15) is 0 Å². The topological polar surface area (TPSA) is 38.5 Å². The summed E-state index contributed by atoms with van der Waals surface area (Å²) in [5.41, 5.74) is 7.60. The van der Waals surface area contributed by atoms with E-state index in [0.29, 0.717) is 4.99 Å². The summed E-state index contributed by atoms with van der Waals surface area (Å²) in [6, 6.07) is 5.93. The van der Waals surface area contributed by atoms with Crippen molar-refractivity contribution in [2.24, 2.45) is 5.73 Å². The largest absolute Gasteiger partial charge is 0.496 e. The van der Waals surface area contributed by atoms with Crippen LogP contribution in [0.1, 0.15) is 18.1 Å². The summed E-state index contributed by atoms with van der Waals surface area (Å²) in [4.78, 5) is 2.59. The molecule has 0 atom stereocenters. The number of hydrogen-bond acceptors (Lipinski definition) is 3. The second-order valence-corrected chi connectivity index (χ2v) is 4.17. The number of ether oxygens (including phenoxy) is 1. The molecule has 0 spiro atoms. The smallest absolute Gasteiger partial charge is 0.129 e. The van der Waals surface area contributed by atoms with Crippen LogP contribution >= 0.6 is 12.2 Å². The quantitative estimate of drug-likeness (QED) is 0.794. The third kappa shape index (κ3) is 3.18. The van der Waals surface area contributed by atoms with E-state index in [4.69, 9.17) is 22.7 Å². The Morgan fingerprint density at radius 2 is 2.19 bits per heavy atom. The van der Waals surface area contributed by atoms with Gasteiger partial charge in [-0.15, -0.1) is 0 Å². The lowest BCUT2D eigenvalue weighted by Gasteiger charge is -2.15. The number of benzene rings is 1. The molecule has 0 radical (unpaired) electrons. The summed E-state index contributed by atoms with van der Waals surface area (Å²) in [6.07, 6.45) is 0. The number of nitrogens with two attached hydrogens (primary N) is 1. The van der Waals surface area contributed by atoms with Crippen LogP contribution in [0.3, 0.4) is 0 Å². The first-order valence-corrected chi connectivity index (χ1v) is 5.64. The highest BCUT2D eigenvalue weighted by molar-refractivity contribution is 7.80. The Balaban J connectivity index is 2.95. The van der Waals surface area contributed by atoms with Crippen molar-refractivity contribution in [2.75, 3.05) is 20.7 Å². The monoisotopic (exact) mass is 238 g/mol. The molecular formula is C12H18N2OS. The molecule has 88 valence electrons. The second kappa shape index (κ2) is 5.82. The van der Waals surface area contributed by atoms with Crippen molar-refractivity contribution in [1.29, 1.82) is 0 Å². The zero-order chi connectivity index (χ0) is 12.1. The number of thiocarbonyl (C=S) groups is 1. The summed E-state index contributed by atoms with van der Waals surface area (Å²) in [5, 5.41) is 0. The van der Waals surface area contributed by atoms with Gasteiger partial charge in [0.2, 0.25) is 0 Å². The standard InChI is InChI=1S/C12H18N2OS/c1-4-14(2)8-9-5-6-10(12(13)16)11(7-9)15-3/h5-7H,4,8H2,1-3H3,(H2,13,16). The first-order chi connectivity index (χ1) is 7.58. The second-order valence-electron chi connectivity index (χ2n) is 3.73. The molecule has 0 aliphatic carbocycles. The SMILES string of the molecule is CCN(C)Cc1ccc(C(N)=S)c(OC)c1. The summed E-state index contributed by atoms with van der Waals surface area (Å²) < 4.78 is 5.28. The van der Waals surface area contributed by atoms with Crippen LogP contribution in [-0.4, -0.2) is 30.6 Å². The molecule has 0 heterocycles. The van der Waals surface area contributed by atoms with Crippen molar-refractivity contribution in [1.82, 2.24) is 4.90 Å². The fraction of sp³-hybridized carbons (Fsp3) is 0.417. The first kappa shape index (κ1) is 12.9. The van der Waals surface area contributed by atoms with Gasteiger partial charge in [0, 0.05) is 6.54 Å². The van der Waals surface area contributed by atoms with E-state index >= 15 is 0 Å². The molecule has 0 aromatic heterocycles. The predicted molar refractivity (Wildman–Crippen MR) is 70.9 cm³/mol. The van der Waals surface area contributed by atoms with Crippen LogP contribution in [0.4, 0.5) is 0 Å². The van der Waals surface area contributed by atoms with Gasteiger partial charge in [-0.25, -0.2) is 0 Å². The van der Waals surface area contributed by atoms with Crippen LogP contribution in [0.25, 0.3) is 0 Å². The molecule has 3 nitrogen and oxygen atoms in total. The molecule has 1 aromatic carbocycles. The number of rotatable bonds is 5. The normalized spacial score (nSPS) is 10.5. The van der Waals surface area contributed by atoms with Crippen molar-refractivity contribution in [3.63, 3.8) is 0 Å². The van der Waals surface area contributed by atoms with E-state index in [2.05, 4.69) is 18.9 Å². The molecule has 2 N–H and O–H groups in total. The lowest BCUT2D eigenvalue weighted by atomic mass is 10.1. The Labute approximate surface area is 102 Å². The van der Waals surface area contributed by atoms with Crippen molar-refractivity contribution >= 4 is 17.2 Å². The predicted octanol–water partition coefficient (Wildman–Crippen LogP) is 1.78. The van der Waals surface area contributed by atoms with Crippen molar-refractivity contribution < 1.29 is 4.74 Å². The van der Waals surface area contributed by atoms with Crippen LogP contribution in [0.5, 0.6) is 5.75 Å². The van der Waals surface area contributed by atoms with E-state index in [0.717, 1.165) is 24.4 Å². The molecule has 0 aliphatic rings. The van der Waals surface area contributed by atoms with Crippen molar-refractivity contribution in [3.8, 4) is 5.75 Å². The Kier molecular flexibility index (Phi) is 4.71. The van der Waals surface area contributed by atoms with Crippen molar-refractivity contribution in [2.45, 2.75) is 13.5 Å². The molecular weight excluding hydrogens is 220 g/mol. The Morgan fingerprint density at radius 1 is 1.50 bits per heavy atom. The van der Waals surface area contributed by atoms with E-state index < -0.39 is 0 Å². The van der Waals surface area contributed by atoms with E-state index in [1.165, 1.54) is 5.56 Å². The number of methoxy groups -OCH3 is 1. The summed E-state index contributed by atoms with van der Waals surface area (Å²) >= 11 is 4.96. The van der Waals surface area contributed by atoms with Gasteiger partial charge in [-0.05, 0) is 31.3 Å². The highest BCUT2D eigenvalue weighted by Crippen LogP contribution is 2.20. The zero-order valence-electron chi connectivity index (χ0n) is 9.99. The number of nitrogens with zero attached hydrogens (tertiary/aromatic N) is 1. The van der Waals surface area contributed by atoms with Crippen LogP contribution in [-0.2, 0) is 6.54 Å². The van der Waals surface area contributed by atoms with Crippen LogP contribution < -0.4 is 10.5 Å². The molecule has 1 rings (SSSR count). The maximum atomic E-state index is 5.61. The molecule has 0 saturated carbocycles. The highest BCUT2D eigenvalue weighted by Gasteiger charge is 2.07. The fourth-order valence-electron chi connectivity index (χ4n) is 1.46. The zero-order valence-corrected chi connectivity index (χ0v) is 10.8. The molecule has 0 bridgehead atoms. The molecule has 16 heavy (non-hydrogen) atoms. The van der Waals surface area contributed by atoms with E-state index in [-0.39, 0.29) is 0 Å². The van der Waals surface area contributed by atoms with Gasteiger partial charge in [0.25, 0.3) is 0 Å². The lowest BCUT2D eigenvalue weighted by Crippen LogP contribution is -2.17. The first-order valence-electron chi connectivity index (χ1n) is 5.23. The van der Waals surface area contributed by atoms with Gasteiger partial charge < -0.3 is 15.4 Å². The maximum absolute atomic E-state index is 5.61. The van der Waals surface area contributed by atoms with Gasteiger partial charge in [-0.1, -0.05) is 25.2 Å². The lowest BCUT2D eigenvalue weighted by molar-refractivity contribution is 0.344. The minimum atomic E-state index is 0.368. The van der Waals surface area contributed by atoms with E-state index in [9.17, 15) is 0 Å². The van der Waals surface area contributed by atoms with Gasteiger partial charge in [-0.3, -0.25) is 0 Å². The third-order valence-electron chi connectivity index (χ3n) is 2.52. The van der Waals surface area contributed by atoms with Gasteiger partial charge in [0.1, 0.15) is 10.7 Å². The van der Waals surface area contributed by atoms with Gasteiger partial charge in [0.05, 0.1) is 12.7 Å². The average molecular weight is 238 g/mol. The minimum absolute atomic E-state index is 0.368. The van der Waals surface area contributed by atoms with Gasteiger partial charge >= 0.3 is 0 Å². The highest BCUT2D eigenvalue weighted by atomic mass is 32.1. The summed E-state index contributed by atoms with van der Waals surface area (Å²) in [7, 11) is 3.71. The Bertz CT molecular complexity index is 379. The van der Waals surface area contributed by atoms with E-state index in [1.54, 1.807) is 7.11 Å². The Hall–Kier alpha value is -1.13. The molecule has 1 aromatic rings. The van der Waals surface area contributed by atoms with Gasteiger partial charge in [0.15, 0.2) is 0 Å². The molecule has 0 unspecified atom stereocenters.